The van der Waals surface area contributed by atoms with Crippen molar-refractivity contribution < 1.29 is 5.11 Å². The summed E-state index contributed by atoms with van der Waals surface area (Å²) in [6.45, 7) is 2.73. The molecule has 2 bridgehead atoms. The molecule has 2 aliphatic rings. The predicted molar refractivity (Wildman–Crippen MR) is 54.4 cm³/mol. The Labute approximate surface area is 81.5 Å². The van der Waals surface area contributed by atoms with E-state index in [0.717, 1.165) is 17.8 Å². The first-order valence-corrected chi connectivity index (χ1v) is 5.96. The maximum atomic E-state index is 9.40. The molecule has 0 heterocycles. The van der Waals surface area contributed by atoms with Crippen molar-refractivity contribution >= 4 is 0 Å². The Hall–Kier alpha value is -0.0400. The molecule has 0 radical (unpaired) electrons. The van der Waals surface area contributed by atoms with E-state index < -0.39 is 0 Å². The molecule has 0 aromatic carbocycles. The van der Waals surface area contributed by atoms with Crippen molar-refractivity contribution in [3.05, 3.63) is 0 Å². The number of hydrogen-bond acceptors (Lipinski definition) is 1. The first kappa shape index (κ1) is 9.51. The van der Waals surface area contributed by atoms with E-state index in [0.29, 0.717) is 12.5 Å². The molecule has 1 heteroatoms. The molecule has 0 aromatic rings. The number of aliphatic hydroxyl groups is 1. The highest BCUT2D eigenvalue weighted by molar-refractivity contribution is 4.88. The van der Waals surface area contributed by atoms with Gasteiger partial charge in [-0.1, -0.05) is 32.6 Å². The zero-order chi connectivity index (χ0) is 9.26. The van der Waals surface area contributed by atoms with Crippen LogP contribution in [-0.2, 0) is 0 Å². The SMILES string of the molecule is CCC1CC2CCCC(C2)C1CO. The zero-order valence-electron chi connectivity index (χ0n) is 8.71. The highest BCUT2D eigenvalue weighted by Gasteiger charge is 2.38. The van der Waals surface area contributed by atoms with Gasteiger partial charge in [0.05, 0.1) is 0 Å². The largest absolute Gasteiger partial charge is 0.396 e. The molecule has 2 aliphatic carbocycles. The Morgan fingerprint density at radius 1 is 1.23 bits per heavy atom. The summed E-state index contributed by atoms with van der Waals surface area (Å²) in [6, 6.07) is 0. The Balaban J connectivity index is 2.05. The van der Waals surface area contributed by atoms with Crippen molar-refractivity contribution in [3.8, 4) is 0 Å². The fourth-order valence-electron chi connectivity index (χ4n) is 3.69. The van der Waals surface area contributed by atoms with E-state index in [2.05, 4.69) is 6.92 Å². The van der Waals surface area contributed by atoms with Gasteiger partial charge in [0.1, 0.15) is 0 Å². The van der Waals surface area contributed by atoms with Gasteiger partial charge in [0.2, 0.25) is 0 Å². The maximum Gasteiger partial charge on any atom is 0.0464 e. The third-order valence-electron chi connectivity index (χ3n) is 4.41. The molecule has 0 saturated heterocycles. The van der Waals surface area contributed by atoms with Crippen LogP contribution in [0.3, 0.4) is 0 Å². The van der Waals surface area contributed by atoms with Crippen molar-refractivity contribution in [2.24, 2.45) is 23.7 Å². The number of rotatable bonds is 2. The monoisotopic (exact) mass is 182 g/mol. The van der Waals surface area contributed by atoms with Crippen molar-refractivity contribution in [3.63, 3.8) is 0 Å². The first-order valence-electron chi connectivity index (χ1n) is 5.96. The van der Waals surface area contributed by atoms with Crippen LogP contribution in [0.1, 0.15) is 45.4 Å². The fraction of sp³-hybridized carbons (Fsp3) is 1.00. The molecule has 0 spiro atoms. The van der Waals surface area contributed by atoms with Gasteiger partial charge in [-0.2, -0.15) is 0 Å². The van der Waals surface area contributed by atoms with Gasteiger partial charge in [-0.05, 0) is 36.5 Å². The molecule has 2 fully saturated rings. The number of aliphatic hydroxyl groups excluding tert-OH is 1. The summed E-state index contributed by atoms with van der Waals surface area (Å²) < 4.78 is 0. The van der Waals surface area contributed by atoms with Crippen LogP contribution in [-0.4, -0.2) is 11.7 Å². The third kappa shape index (κ3) is 1.76. The van der Waals surface area contributed by atoms with Crippen molar-refractivity contribution in [2.45, 2.75) is 45.4 Å². The Morgan fingerprint density at radius 3 is 2.77 bits per heavy atom. The smallest absolute Gasteiger partial charge is 0.0464 e. The number of fused-ring (bicyclic) bond motifs is 2. The van der Waals surface area contributed by atoms with Crippen LogP contribution in [0.2, 0.25) is 0 Å². The molecule has 4 unspecified atom stereocenters. The van der Waals surface area contributed by atoms with Gasteiger partial charge < -0.3 is 5.11 Å². The normalized spacial score (nSPS) is 44.8. The Kier molecular flexibility index (Phi) is 2.92. The van der Waals surface area contributed by atoms with E-state index in [1.54, 1.807) is 0 Å². The van der Waals surface area contributed by atoms with Gasteiger partial charge in [-0.25, -0.2) is 0 Å². The fourth-order valence-corrected chi connectivity index (χ4v) is 3.69. The van der Waals surface area contributed by atoms with E-state index in [9.17, 15) is 5.11 Å². The van der Waals surface area contributed by atoms with Gasteiger partial charge in [-0.15, -0.1) is 0 Å². The summed E-state index contributed by atoms with van der Waals surface area (Å²) in [6.07, 6.45) is 8.36. The summed E-state index contributed by atoms with van der Waals surface area (Å²) >= 11 is 0. The molecule has 76 valence electrons. The average molecular weight is 182 g/mol. The molecule has 0 aromatic heterocycles. The summed E-state index contributed by atoms with van der Waals surface area (Å²) in [4.78, 5) is 0. The molecule has 2 saturated carbocycles. The van der Waals surface area contributed by atoms with E-state index in [-0.39, 0.29) is 0 Å². The average Bonchev–Trinajstić information content (AvgIpc) is 2.17. The molecule has 13 heavy (non-hydrogen) atoms. The van der Waals surface area contributed by atoms with Crippen LogP contribution in [0.4, 0.5) is 0 Å². The van der Waals surface area contributed by atoms with Gasteiger partial charge in [0.15, 0.2) is 0 Å². The van der Waals surface area contributed by atoms with Crippen LogP contribution < -0.4 is 0 Å². The first-order chi connectivity index (χ1) is 6.35. The second kappa shape index (κ2) is 4.00. The molecule has 1 N–H and O–H groups in total. The van der Waals surface area contributed by atoms with Crippen molar-refractivity contribution in [1.29, 1.82) is 0 Å². The van der Waals surface area contributed by atoms with E-state index in [1.807, 2.05) is 0 Å². The van der Waals surface area contributed by atoms with E-state index >= 15 is 0 Å². The van der Waals surface area contributed by atoms with Gasteiger partial charge in [0.25, 0.3) is 0 Å². The van der Waals surface area contributed by atoms with Gasteiger partial charge >= 0.3 is 0 Å². The van der Waals surface area contributed by atoms with Crippen LogP contribution in [0.25, 0.3) is 0 Å². The summed E-state index contributed by atoms with van der Waals surface area (Å²) in [7, 11) is 0. The molecule has 0 amide bonds. The minimum atomic E-state index is 0.440. The predicted octanol–water partition coefficient (Wildman–Crippen LogP) is 2.83. The zero-order valence-corrected chi connectivity index (χ0v) is 8.71. The lowest BCUT2D eigenvalue weighted by Crippen LogP contribution is -2.37. The highest BCUT2D eigenvalue weighted by atomic mass is 16.3. The topological polar surface area (TPSA) is 20.2 Å². The maximum absolute atomic E-state index is 9.40. The summed E-state index contributed by atoms with van der Waals surface area (Å²) in [5.41, 5.74) is 0. The summed E-state index contributed by atoms with van der Waals surface area (Å²) in [5.74, 6) is 3.34. The molecular formula is C12H22O. The lowest BCUT2D eigenvalue weighted by molar-refractivity contribution is 0.0221. The second-order valence-corrected chi connectivity index (χ2v) is 5.04. The van der Waals surface area contributed by atoms with Crippen LogP contribution in [0.15, 0.2) is 0 Å². The van der Waals surface area contributed by atoms with E-state index in [4.69, 9.17) is 0 Å². The molecule has 2 rings (SSSR count). The Morgan fingerprint density at radius 2 is 2.08 bits per heavy atom. The molecule has 1 nitrogen and oxygen atoms in total. The van der Waals surface area contributed by atoms with Crippen LogP contribution in [0, 0.1) is 23.7 Å². The highest BCUT2D eigenvalue weighted by Crippen LogP contribution is 2.46. The summed E-state index contributed by atoms with van der Waals surface area (Å²) in [5, 5.41) is 9.40. The quantitative estimate of drug-likeness (QED) is 0.696. The minimum Gasteiger partial charge on any atom is -0.396 e. The molecule has 0 aliphatic heterocycles. The van der Waals surface area contributed by atoms with Crippen LogP contribution in [0.5, 0.6) is 0 Å². The Bertz CT molecular complexity index is 165. The third-order valence-corrected chi connectivity index (χ3v) is 4.41. The van der Waals surface area contributed by atoms with Crippen molar-refractivity contribution in [2.75, 3.05) is 6.61 Å². The van der Waals surface area contributed by atoms with Crippen molar-refractivity contribution in [1.82, 2.24) is 0 Å². The van der Waals surface area contributed by atoms with Gasteiger partial charge in [0, 0.05) is 6.61 Å². The molecule has 4 atom stereocenters. The second-order valence-electron chi connectivity index (χ2n) is 5.04. The molecular weight excluding hydrogens is 160 g/mol. The minimum absolute atomic E-state index is 0.440. The number of hydrogen-bond donors (Lipinski definition) is 1. The lowest BCUT2D eigenvalue weighted by atomic mass is 9.62. The van der Waals surface area contributed by atoms with E-state index in [1.165, 1.54) is 38.5 Å². The van der Waals surface area contributed by atoms with Gasteiger partial charge in [-0.3, -0.25) is 0 Å². The standard InChI is InChI=1S/C12H22O/c1-2-10-6-9-4-3-5-11(7-9)12(10)8-13/h9-13H,2-8H2,1H3. The lowest BCUT2D eigenvalue weighted by Gasteiger charge is -2.44. The van der Waals surface area contributed by atoms with Crippen LogP contribution >= 0.6 is 0 Å².